The molecule has 2 heterocycles. The number of hydrogen-bond donors (Lipinski definition) is 2. The minimum absolute atomic E-state index is 0.248. The summed E-state index contributed by atoms with van der Waals surface area (Å²) in [6, 6.07) is 1.69. The van der Waals surface area contributed by atoms with Crippen LogP contribution in [0.5, 0.6) is 0 Å². The van der Waals surface area contributed by atoms with Crippen LogP contribution in [0.3, 0.4) is 0 Å². The van der Waals surface area contributed by atoms with Gasteiger partial charge in [-0.15, -0.1) is 0 Å². The fourth-order valence-corrected chi connectivity index (χ4v) is 1.59. The SMILES string of the molecule is CNc1cnc(C(=O)Nc2ccncc2Br)cn1. The Morgan fingerprint density at radius 3 is 2.72 bits per heavy atom. The maximum Gasteiger partial charge on any atom is 0.275 e. The minimum Gasteiger partial charge on any atom is -0.372 e. The van der Waals surface area contributed by atoms with Gasteiger partial charge in [-0.2, -0.15) is 0 Å². The number of nitrogens with zero attached hydrogens (tertiary/aromatic N) is 3. The Balaban J connectivity index is 2.14. The van der Waals surface area contributed by atoms with E-state index in [0.717, 1.165) is 0 Å². The second-order valence-electron chi connectivity index (χ2n) is 3.35. The Morgan fingerprint density at radius 1 is 1.28 bits per heavy atom. The van der Waals surface area contributed by atoms with Crippen LogP contribution in [0.4, 0.5) is 11.5 Å². The van der Waals surface area contributed by atoms with Gasteiger partial charge in [0.2, 0.25) is 0 Å². The molecule has 0 saturated heterocycles. The van der Waals surface area contributed by atoms with E-state index in [9.17, 15) is 4.79 Å². The van der Waals surface area contributed by atoms with E-state index in [1.54, 1.807) is 25.5 Å². The predicted molar refractivity (Wildman–Crippen MR) is 71.5 cm³/mol. The maximum atomic E-state index is 11.9. The van der Waals surface area contributed by atoms with Gasteiger partial charge in [0, 0.05) is 19.4 Å². The first kappa shape index (κ1) is 12.4. The van der Waals surface area contributed by atoms with Crippen LogP contribution in [0.2, 0.25) is 0 Å². The summed E-state index contributed by atoms with van der Waals surface area (Å²) >= 11 is 3.30. The predicted octanol–water partition coefficient (Wildman–Crippen LogP) is 1.93. The van der Waals surface area contributed by atoms with E-state index in [1.807, 2.05) is 0 Å². The second kappa shape index (κ2) is 5.54. The molecule has 0 aliphatic rings. The van der Waals surface area contributed by atoms with E-state index in [4.69, 9.17) is 0 Å². The van der Waals surface area contributed by atoms with Gasteiger partial charge >= 0.3 is 0 Å². The second-order valence-corrected chi connectivity index (χ2v) is 4.20. The van der Waals surface area contributed by atoms with Gasteiger partial charge in [-0.05, 0) is 22.0 Å². The molecular formula is C11H10BrN5O. The molecule has 0 unspecified atom stereocenters. The molecule has 92 valence electrons. The van der Waals surface area contributed by atoms with Crippen molar-refractivity contribution in [2.45, 2.75) is 0 Å². The molecule has 0 spiro atoms. The highest BCUT2D eigenvalue weighted by molar-refractivity contribution is 9.10. The molecule has 7 heteroatoms. The maximum absolute atomic E-state index is 11.9. The lowest BCUT2D eigenvalue weighted by Gasteiger charge is -2.06. The average Bonchev–Trinajstić information content (AvgIpc) is 2.41. The topological polar surface area (TPSA) is 79.8 Å². The summed E-state index contributed by atoms with van der Waals surface area (Å²) in [7, 11) is 1.73. The lowest BCUT2D eigenvalue weighted by molar-refractivity contribution is 0.102. The standard InChI is InChI=1S/C11H10BrN5O/c1-13-10-6-15-9(5-16-10)11(18)17-8-2-3-14-4-7(8)12/h2-6H,1H3,(H,13,16)(H,14,17,18). The summed E-state index contributed by atoms with van der Waals surface area (Å²) in [6.45, 7) is 0. The Kier molecular flexibility index (Phi) is 3.83. The van der Waals surface area contributed by atoms with Crippen molar-refractivity contribution in [3.05, 3.63) is 41.0 Å². The number of aromatic nitrogens is 3. The Hall–Kier alpha value is -2.02. The van der Waals surface area contributed by atoms with Crippen molar-refractivity contribution < 1.29 is 4.79 Å². The highest BCUT2D eigenvalue weighted by Gasteiger charge is 2.09. The van der Waals surface area contributed by atoms with Crippen molar-refractivity contribution in [2.75, 3.05) is 17.7 Å². The quantitative estimate of drug-likeness (QED) is 0.905. The van der Waals surface area contributed by atoms with Crippen molar-refractivity contribution in [1.82, 2.24) is 15.0 Å². The van der Waals surface area contributed by atoms with Crippen molar-refractivity contribution >= 4 is 33.3 Å². The third-order valence-corrected chi connectivity index (χ3v) is 2.79. The lowest BCUT2D eigenvalue weighted by atomic mass is 10.3. The highest BCUT2D eigenvalue weighted by atomic mass is 79.9. The van der Waals surface area contributed by atoms with E-state index in [2.05, 4.69) is 41.5 Å². The van der Waals surface area contributed by atoms with Crippen molar-refractivity contribution in [3.8, 4) is 0 Å². The molecule has 1 amide bonds. The summed E-state index contributed by atoms with van der Waals surface area (Å²) in [5, 5.41) is 5.55. The molecule has 18 heavy (non-hydrogen) atoms. The van der Waals surface area contributed by atoms with Gasteiger partial charge in [-0.1, -0.05) is 0 Å². The molecule has 0 atom stereocenters. The molecule has 6 nitrogen and oxygen atoms in total. The molecule has 2 N–H and O–H groups in total. The molecule has 2 rings (SSSR count). The van der Waals surface area contributed by atoms with Gasteiger partial charge in [-0.25, -0.2) is 9.97 Å². The molecular weight excluding hydrogens is 298 g/mol. The van der Waals surface area contributed by atoms with E-state index in [1.165, 1.54) is 12.4 Å². The number of anilines is 2. The molecule has 0 aromatic carbocycles. The molecule has 0 aliphatic carbocycles. The van der Waals surface area contributed by atoms with Crippen LogP contribution in [-0.2, 0) is 0 Å². The number of carbonyl (C=O) groups excluding carboxylic acids is 1. The first-order valence-corrected chi connectivity index (χ1v) is 5.90. The molecule has 0 bridgehead atoms. The summed E-state index contributed by atoms with van der Waals surface area (Å²) in [6.07, 6.45) is 6.11. The van der Waals surface area contributed by atoms with Crippen LogP contribution in [-0.4, -0.2) is 27.9 Å². The number of hydrogen-bond acceptors (Lipinski definition) is 5. The number of rotatable bonds is 3. The number of halogens is 1. The summed E-state index contributed by atoms with van der Waals surface area (Å²) in [5.74, 6) is 0.286. The molecule has 0 fully saturated rings. The Morgan fingerprint density at radius 2 is 2.11 bits per heavy atom. The minimum atomic E-state index is -0.322. The van der Waals surface area contributed by atoms with Gasteiger partial charge < -0.3 is 10.6 Å². The molecule has 2 aromatic rings. The van der Waals surface area contributed by atoms with Crippen LogP contribution in [0.1, 0.15) is 10.5 Å². The van der Waals surface area contributed by atoms with Crippen LogP contribution in [0.15, 0.2) is 35.3 Å². The zero-order valence-corrected chi connectivity index (χ0v) is 11.1. The first-order valence-electron chi connectivity index (χ1n) is 5.11. The Bertz CT molecular complexity index is 558. The number of amides is 1. The fraction of sp³-hybridized carbons (Fsp3) is 0.0909. The summed E-state index contributed by atoms with van der Waals surface area (Å²) < 4.78 is 0.707. The van der Waals surface area contributed by atoms with Crippen molar-refractivity contribution in [3.63, 3.8) is 0 Å². The average molecular weight is 308 g/mol. The van der Waals surface area contributed by atoms with Gasteiger partial charge in [0.1, 0.15) is 11.5 Å². The number of nitrogens with one attached hydrogen (secondary N) is 2. The lowest BCUT2D eigenvalue weighted by Crippen LogP contribution is -2.14. The zero-order chi connectivity index (χ0) is 13.0. The van der Waals surface area contributed by atoms with Crippen LogP contribution in [0.25, 0.3) is 0 Å². The van der Waals surface area contributed by atoms with Crippen LogP contribution >= 0.6 is 15.9 Å². The molecule has 2 aromatic heterocycles. The van der Waals surface area contributed by atoms with Crippen LogP contribution < -0.4 is 10.6 Å². The number of carbonyl (C=O) groups is 1. The smallest absolute Gasteiger partial charge is 0.275 e. The van der Waals surface area contributed by atoms with Gasteiger partial charge in [0.15, 0.2) is 0 Å². The van der Waals surface area contributed by atoms with Gasteiger partial charge in [-0.3, -0.25) is 9.78 Å². The third kappa shape index (κ3) is 2.80. The summed E-state index contributed by atoms with van der Waals surface area (Å²) in [4.78, 5) is 23.8. The van der Waals surface area contributed by atoms with Gasteiger partial charge in [0.25, 0.3) is 5.91 Å². The fourth-order valence-electron chi connectivity index (χ4n) is 1.24. The van der Waals surface area contributed by atoms with E-state index < -0.39 is 0 Å². The normalized spacial score (nSPS) is 9.89. The summed E-state index contributed by atoms with van der Waals surface area (Å²) in [5.41, 5.74) is 0.882. The third-order valence-electron chi connectivity index (χ3n) is 2.16. The van der Waals surface area contributed by atoms with Crippen molar-refractivity contribution in [1.29, 1.82) is 0 Å². The molecule has 0 radical (unpaired) electrons. The molecule has 0 aliphatic heterocycles. The number of pyridine rings is 1. The van der Waals surface area contributed by atoms with Crippen molar-refractivity contribution in [2.24, 2.45) is 0 Å². The first-order chi connectivity index (χ1) is 8.70. The van der Waals surface area contributed by atoms with E-state index in [-0.39, 0.29) is 11.6 Å². The Labute approximate surface area is 112 Å². The zero-order valence-electron chi connectivity index (χ0n) is 9.51. The van der Waals surface area contributed by atoms with Gasteiger partial charge in [0.05, 0.1) is 22.6 Å². The monoisotopic (exact) mass is 307 g/mol. The highest BCUT2D eigenvalue weighted by Crippen LogP contribution is 2.20. The molecule has 0 saturated carbocycles. The van der Waals surface area contributed by atoms with Crippen LogP contribution in [0, 0.1) is 0 Å². The largest absolute Gasteiger partial charge is 0.372 e. The van der Waals surface area contributed by atoms with E-state index >= 15 is 0 Å². The van der Waals surface area contributed by atoms with E-state index in [0.29, 0.717) is 16.0 Å².